The molecule has 6 heteroatoms. The molecule has 0 amide bonds. The molecule has 0 bridgehead atoms. The average Bonchev–Trinajstić information content (AvgIpc) is 2.03. The van der Waals surface area contributed by atoms with Gasteiger partial charge in [0, 0.05) is 5.69 Å². The minimum atomic E-state index is -1.17. The number of carboxylic acids is 2. The van der Waals surface area contributed by atoms with Crippen molar-refractivity contribution < 1.29 is 19.8 Å². The van der Waals surface area contributed by atoms with Gasteiger partial charge in [0.25, 0.3) is 0 Å². The molecule has 0 aromatic heterocycles. The summed E-state index contributed by atoms with van der Waals surface area (Å²) in [7, 11) is 0. The molecule has 0 saturated carbocycles. The van der Waals surface area contributed by atoms with E-state index in [4.69, 9.17) is 15.9 Å². The molecule has 76 valence electrons. The lowest BCUT2D eigenvalue weighted by atomic mass is 10.1. The fourth-order valence-electron chi connectivity index (χ4n) is 0.891. The summed E-state index contributed by atoms with van der Waals surface area (Å²) in [5.41, 5.74) is 5.15. The molecule has 1 rings (SSSR count). The van der Waals surface area contributed by atoms with Crippen molar-refractivity contribution in [2.45, 2.75) is 0 Å². The zero-order chi connectivity index (χ0) is 10.0. The summed E-state index contributed by atoms with van der Waals surface area (Å²) in [6, 6.07) is 3.48. The van der Waals surface area contributed by atoms with E-state index in [1.165, 1.54) is 12.1 Å². The quantitative estimate of drug-likeness (QED) is 0.644. The summed E-state index contributed by atoms with van der Waals surface area (Å²) in [6.45, 7) is 0. The van der Waals surface area contributed by atoms with Crippen LogP contribution in [0.15, 0.2) is 18.2 Å². The maximum Gasteiger partial charge on any atom is 0.337 e. The zero-order valence-corrected chi connectivity index (χ0v) is 7.75. The number of aromatic carboxylic acids is 2. The smallest absolute Gasteiger partial charge is 0.337 e. The Kier molecular flexibility index (Phi) is 3.92. The van der Waals surface area contributed by atoms with Crippen LogP contribution in [0.3, 0.4) is 0 Å². The lowest BCUT2D eigenvalue weighted by molar-refractivity contribution is 0.0682. The highest BCUT2D eigenvalue weighted by Crippen LogP contribution is 2.13. The normalized spacial score (nSPS) is 8.86. The second-order valence-electron chi connectivity index (χ2n) is 2.41. The first-order valence-corrected chi connectivity index (χ1v) is 3.38. The highest BCUT2D eigenvalue weighted by molar-refractivity contribution is 5.96. The predicted molar refractivity (Wildman–Crippen MR) is 52.0 cm³/mol. The lowest BCUT2D eigenvalue weighted by Gasteiger charge is -2.00. The topological polar surface area (TPSA) is 101 Å². The van der Waals surface area contributed by atoms with Crippen molar-refractivity contribution in [2.75, 3.05) is 5.73 Å². The molecule has 0 radical (unpaired) electrons. The van der Waals surface area contributed by atoms with Gasteiger partial charge in [0.15, 0.2) is 0 Å². The van der Waals surface area contributed by atoms with Crippen molar-refractivity contribution >= 4 is 30.0 Å². The molecule has 1 aromatic carbocycles. The molecule has 0 spiro atoms. The third-order valence-electron chi connectivity index (χ3n) is 1.53. The molecule has 0 atom stereocenters. The fraction of sp³-hybridized carbons (Fsp3) is 0. The van der Waals surface area contributed by atoms with Gasteiger partial charge in [0.05, 0.1) is 11.1 Å². The lowest BCUT2D eigenvalue weighted by Crippen LogP contribution is -2.05. The molecule has 0 fully saturated rings. The molecule has 0 aliphatic heterocycles. The van der Waals surface area contributed by atoms with E-state index < -0.39 is 11.9 Å². The van der Waals surface area contributed by atoms with Gasteiger partial charge < -0.3 is 15.9 Å². The van der Waals surface area contributed by atoms with Gasteiger partial charge in [-0.25, -0.2) is 9.59 Å². The molecule has 1 aromatic rings. The molecule has 0 aliphatic carbocycles. The summed E-state index contributed by atoms with van der Waals surface area (Å²) in [4.78, 5) is 20.9. The number of halogens is 1. The summed E-state index contributed by atoms with van der Waals surface area (Å²) in [5.74, 6) is -2.31. The van der Waals surface area contributed by atoms with Crippen LogP contribution in [0.25, 0.3) is 0 Å². The number of hydrogen-bond acceptors (Lipinski definition) is 3. The van der Waals surface area contributed by atoms with E-state index in [-0.39, 0.29) is 29.2 Å². The van der Waals surface area contributed by atoms with Crippen molar-refractivity contribution in [1.82, 2.24) is 0 Å². The molecular formula is C8H8ClNO4. The third kappa shape index (κ3) is 2.37. The molecular weight excluding hydrogens is 210 g/mol. The Bertz CT molecular complexity index is 378. The van der Waals surface area contributed by atoms with Crippen LogP contribution in [0.1, 0.15) is 20.7 Å². The van der Waals surface area contributed by atoms with E-state index in [1.807, 2.05) is 0 Å². The van der Waals surface area contributed by atoms with Crippen molar-refractivity contribution in [1.29, 1.82) is 0 Å². The molecule has 0 heterocycles. The van der Waals surface area contributed by atoms with Crippen LogP contribution in [0.4, 0.5) is 5.69 Å². The van der Waals surface area contributed by atoms with E-state index in [0.29, 0.717) is 0 Å². The minimum Gasteiger partial charge on any atom is -0.478 e. The SMILES string of the molecule is Cl.Nc1cc(C(=O)O)ccc1C(=O)O. The molecule has 0 aliphatic rings. The van der Waals surface area contributed by atoms with E-state index >= 15 is 0 Å². The first-order valence-electron chi connectivity index (χ1n) is 3.38. The summed E-state index contributed by atoms with van der Waals surface area (Å²) in [5, 5.41) is 17.1. The highest BCUT2D eigenvalue weighted by Gasteiger charge is 2.10. The average molecular weight is 218 g/mol. The Hall–Kier alpha value is -1.75. The van der Waals surface area contributed by atoms with Crippen LogP contribution < -0.4 is 5.73 Å². The zero-order valence-electron chi connectivity index (χ0n) is 6.93. The number of carbonyl (C=O) groups is 2. The second-order valence-corrected chi connectivity index (χ2v) is 2.41. The van der Waals surface area contributed by atoms with Crippen LogP contribution in [-0.2, 0) is 0 Å². The standard InChI is InChI=1S/C8H7NO4.ClH/c9-6-3-4(7(10)11)1-2-5(6)8(12)13;/h1-3H,9H2,(H,10,11)(H,12,13);1H. The maximum atomic E-state index is 10.5. The Morgan fingerprint density at radius 3 is 2.07 bits per heavy atom. The van der Waals surface area contributed by atoms with Gasteiger partial charge in [-0.3, -0.25) is 0 Å². The Labute approximate surface area is 85.6 Å². The molecule has 4 N–H and O–H groups in total. The summed E-state index contributed by atoms with van der Waals surface area (Å²) >= 11 is 0. The minimum absolute atomic E-state index is 0. The van der Waals surface area contributed by atoms with Crippen molar-refractivity contribution in [3.8, 4) is 0 Å². The largest absolute Gasteiger partial charge is 0.478 e. The Morgan fingerprint density at radius 2 is 1.71 bits per heavy atom. The van der Waals surface area contributed by atoms with Crippen molar-refractivity contribution in [3.05, 3.63) is 29.3 Å². The van der Waals surface area contributed by atoms with E-state index in [9.17, 15) is 9.59 Å². The van der Waals surface area contributed by atoms with E-state index in [1.54, 1.807) is 0 Å². The van der Waals surface area contributed by atoms with Crippen LogP contribution in [0.5, 0.6) is 0 Å². The van der Waals surface area contributed by atoms with Gasteiger partial charge in [-0.05, 0) is 18.2 Å². The van der Waals surface area contributed by atoms with Crippen LogP contribution >= 0.6 is 12.4 Å². The number of carboxylic acid groups (broad SMARTS) is 2. The van der Waals surface area contributed by atoms with Crippen LogP contribution in [0, 0.1) is 0 Å². The number of nitrogens with two attached hydrogens (primary N) is 1. The molecule has 0 unspecified atom stereocenters. The molecule has 5 nitrogen and oxygen atoms in total. The molecule has 14 heavy (non-hydrogen) atoms. The number of anilines is 1. The van der Waals surface area contributed by atoms with Gasteiger partial charge in [-0.2, -0.15) is 0 Å². The van der Waals surface area contributed by atoms with Crippen LogP contribution in [0.2, 0.25) is 0 Å². The molecule has 0 saturated heterocycles. The van der Waals surface area contributed by atoms with Gasteiger partial charge in [-0.1, -0.05) is 0 Å². The monoisotopic (exact) mass is 217 g/mol. The fourth-order valence-corrected chi connectivity index (χ4v) is 0.891. The Balaban J connectivity index is 0.00000169. The highest BCUT2D eigenvalue weighted by atomic mass is 35.5. The number of rotatable bonds is 2. The summed E-state index contributed by atoms with van der Waals surface area (Å²) < 4.78 is 0. The van der Waals surface area contributed by atoms with E-state index in [0.717, 1.165) is 6.07 Å². The maximum absolute atomic E-state index is 10.5. The van der Waals surface area contributed by atoms with Crippen molar-refractivity contribution in [2.24, 2.45) is 0 Å². The summed E-state index contributed by atoms with van der Waals surface area (Å²) in [6.07, 6.45) is 0. The number of nitrogen functional groups attached to an aromatic ring is 1. The third-order valence-corrected chi connectivity index (χ3v) is 1.53. The van der Waals surface area contributed by atoms with Gasteiger partial charge >= 0.3 is 11.9 Å². The van der Waals surface area contributed by atoms with Gasteiger partial charge in [-0.15, -0.1) is 12.4 Å². The number of hydrogen-bond donors (Lipinski definition) is 3. The Morgan fingerprint density at radius 1 is 1.14 bits per heavy atom. The number of benzene rings is 1. The van der Waals surface area contributed by atoms with E-state index in [2.05, 4.69) is 0 Å². The first kappa shape index (κ1) is 12.2. The van der Waals surface area contributed by atoms with Gasteiger partial charge in [0.2, 0.25) is 0 Å². The predicted octanol–water partition coefficient (Wildman–Crippen LogP) is 1.09. The van der Waals surface area contributed by atoms with Crippen LogP contribution in [-0.4, -0.2) is 22.2 Å². The van der Waals surface area contributed by atoms with Crippen molar-refractivity contribution in [3.63, 3.8) is 0 Å². The van der Waals surface area contributed by atoms with Gasteiger partial charge in [0.1, 0.15) is 0 Å². The first-order chi connectivity index (χ1) is 6.02. The second kappa shape index (κ2) is 4.48.